The molecule has 23 nitrogen and oxygen atoms in total. The minimum absolute atomic E-state index is 0.0139. The molecule has 7 atom stereocenters. The van der Waals surface area contributed by atoms with Crippen LogP contribution in [0.1, 0.15) is 99.0 Å². The number of amides is 8. The summed E-state index contributed by atoms with van der Waals surface area (Å²) in [6.45, 7) is 12.8. The number of benzene rings is 1. The van der Waals surface area contributed by atoms with Gasteiger partial charge in [0.1, 0.15) is 55.8 Å². The molecule has 1 aromatic rings. The van der Waals surface area contributed by atoms with Crippen molar-refractivity contribution in [3.8, 4) is 0 Å². The lowest BCUT2D eigenvalue weighted by molar-refractivity contribution is -0.146. The Bertz CT molecular complexity index is 2060. The van der Waals surface area contributed by atoms with E-state index in [1.165, 1.54) is 13.0 Å². The third kappa shape index (κ3) is 20.2. The minimum atomic E-state index is -1.44. The standard InChI is InChI=1S/C47H68N8O15/c1-9-14-32(40(61)45(66)48-23-37(60)69-21-10-2)51-43(64)35-22-31(50-47(68)70-25-30-15-12-11-13-16-30)24-55(35)46(67)39(27(5)6)54-44(65)38(26(3)4)53-42(63)34(18-17-28(7)56)52-41(62)33(49-29(8)57)19-20-36(58)59/h10-13,15-16,26-27,31-35,38-39H,2,9,14,17-25H2,1,3-8H3,(H,48,66)(H,49,57)(H,50,68)(H,51,64)(H,52,62)(H,53,63)(H,54,65)(H,58,59)/t31-,32?,33?,34?,35+,38?,39?/m1/s1. The first kappa shape index (κ1) is 58.9. The van der Waals surface area contributed by atoms with Crippen LogP contribution >= 0.6 is 0 Å². The molecule has 0 bridgehead atoms. The Balaban J connectivity index is 2.43. The summed E-state index contributed by atoms with van der Waals surface area (Å²) in [7, 11) is 0. The lowest BCUT2D eigenvalue weighted by Crippen LogP contribution is -2.61. The van der Waals surface area contributed by atoms with E-state index in [4.69, 9.17) is 14.6 Å². The van der Waals surface area contributed by atoms with Crippen molar-refractivity contribution < 1.29 is 72.1 Å². The Labute approximate surface area is 406 Å². The Hall–Kier alpha value is -7.20. The maximum absolute atomic E-state index is 14.7. The van der Waals surface area contributed by atoms with E-state index in [1.54, 1.807) is 65.0 Å². The number of likely N-dealkylation sites (tertiary alicyclic amines) is 1. The van der Waals surface area contributed by atoms with Crippen molar-refractivity contribution in [1.29, 1.82) is 0 Å². The number of rotatable bonds is 29. The molecule has 70 heavy (non-hydrogen) atoms. The van der Waals surface area contributed by atoms with Crippen LogP contribution < -0.4 is 37.2 Å². The molecule has 1 heterocycles. The maximum Gasteiger partial charge on any atom is 0.407 e. The van der Waals surface area contributed by atoms with Gasteiger partial charge in [-0.05, 0) is 50.0 Å². The number of hydrogen-bond acceptors (Lipinski definition) is 14. The molecule has 0 radical (unpaired) electrons. The van der Waals surface area contributed by atoms with Crippen LogP contribution in [0.15, 0.2) is 43.0 Å². The van der Waals surface area contributed by atoms with Gasteiger partial charge in [-0.2, -0.15) is 0 Å². The molecule has 0 aromatic heterocycles. The summed E-state index contributed by atoms with van der Waals surface area (Å²) in [5.74, 6) is -11.0. The van der Waals surface area contributed by atoms with E-state index in [-0.39, 0.29) is 57.6 Å². The van der Waals surface area contributed by atoms with Gasteiger partial charge in [-0.1, -0.05) is 84.0 Å². The highest BCUT2D eigenvalue weighted by atomic mass is 16.5. The van der Waals surface area contributed by atoms with E-state index in [0.717, 1.165) is 11.8 Å². The Morgan fingerprint density at radius 1 is 0.757 bits per heavy atom. The van der Waals surface area contributed by atoms with Crippen LogP contribution in [0.4, 0.5) is 4.79 Å². The molecule has 8 N–H and O–H groups in total. The highest BCUT2D eigenvalue weighted by Crippen LogP contribution is 2.23. The molecule has 1 aromatic carbocycles. The average Bonchev–Trinajstić information content (AvgIpc) is 3.73. The lowest BCUT2D eigenvalue weighted by Gasteiger charge is -2.33. The first-order valence-electron chi connectivity index (χ1n) is 23.0. The molecule has 0 saturated carbocycles. The van der Waals surface area contributed by atoms with Gasteiger partial charge in [-0.15, -0.1) is 0 Å². The Morgan fingerprint density at radius 2 is 1.36 bits per heavy atom. The number of alkyl carbamates (subject to hydrolysis) is 1. The van der Waals surface area contributed by atoms with Crippen LogP contribution in [0.3, 0.4) is 0 Å². The first-order chi connectivity index (χ1) is 33.0. The van der Waals surface area contributed by atoms with Crippen molar-refractivity contribution in [2.24, 2.45) is 11.8 Å². The fourth-order valence-corrected chi connectivity index (χ4v) is 7.18. The molecule has 386 valence electrons. The summed E-state index contributed by atoms with van der Waals surface area (Å²) in [5.41, 5.74) is 0.689. The number of ether oxygens (including phenoxy) is 2. The molecule has 5 unspecified atom stereocenters. The molecule has 1 aliphatic rings. The lowest BCUT2D eigenvalue weighted by atomic mass is 9.98. The van der Waals surface area contributed by atoms with Crippen molar-refractivity contribution in [3.63, 3.8) is 0 Å². The summed E-state index contributed by atoms with van der Waals surface area (Å²) in [6.07, 6.45) is -0.661. The zero-order valence-corrected chi connectivity index (χ0v) is 40.8. The third-order valence-electron chi connectivity index (χ3n) is 10.8. The normalized spacial score (nSPS) is 16.2. The van der Waals surface area contributed by atoms with Gasteiger partial charge in [0.05, 0.1) is 12.1 Å². The molecular weight excluding hydrogens is 917 g/mol. The van der Waals surface area contributed by atoms with Gasteiger partial charge in [0, 0.05) is 26.3 Å². The van der Waals surface area contributed by atoms with E-state index in [9.17, 15) is 57.5 Å². The smallest absolute Gasteiger partial charge is 0.407 e. The number of carboxylic acid groups (broad SMARTS) is 1. The van der Waals surface area contributed by atoms with Crippen LogP contribution in [0.25, 0.3) is 0 Å². The summed E-state index contributed by atoms with van der Waals surface area (Å²) in [5, 5.41) is 26.6. The second kappa shape index (κ2) is 29.6. The molecule has 1 fully saturated rings. The zero-order valence-electron chi connectivity index (χ0n) is 40.8. The van der Waals surface area contributed by atoms with Crippen molar-refractivity contribution >= 4 is 70.9 Å². The first-order valence-corrected chi connectivity index (χ1v) is 23.0. The monoisotopic (exact) mass is 984 g/mol. The predicted molar refractivity (Wildman–Crippen MR) is 250 cm³/mol. The predicted octanol–water partition coefficient (Wildman–Crippen LogP) is 0.0868. The number of aliphatic carboxylic acids is 1. The number of carbonyl (C=O) groups excluding carboxylic acids is 11. The third-order valence-corrected chi connectivity index (χ3v) is 10.8. The largest absolute Gasteiger partial charge is 0.481 e. The van der Waals surface area contributed by atoms with Gasteiger partial charge < -0.3 is 61.5 Å². The topological polar surface area (TPSA) is 331 Å². The van der Waals surface area contributed by atoms with E-state index in [0.29, 0.717) is 12.0 Å². The van der Waals surface area contributed by atoms with Crippen molar-refractivity contribution in [2.75, 3.05) is 19.7 Å². The van der Waals surface area contributed by atoms with E-state index < -0.39 is 132 Å². The van der Waals surface area contributed by atoms with Gasteiger partial charge in [-0.3, -0.25) is 47.9 Å². The summed E-state index contributed by atoms with van der Waals surface area (Å²) < 4.78 is 10.2. The van der Waals surface area contributed by atoms with Gasteiger partial charge in [-0.25, -0.2) is 4.79 Å². The average molecular weight is 985 g/mol. The number of esters is 1. The molecule has 1 aliphatic heterocycles. The zero-order chi connectivity index (χ0) is 52.7. The maximum atomic E-state index is 14.7. The molecule has 1 saturated heterocycles. The second-order valence-electron chi connectivity index (χ2n) is 17.5. The molecule has 23 heteroatoms. The highest BCUT2D eigenvalue weighted by molar-refractivity contribution is 6.38. The van der Waals surface area contributed by atoms with Gasteiger partial charge in [0.15, 0.2) is 0 Å². The molecular formula is C47H68N8O15. The molecule has 0 aliphatic carbocycles. The minimum Gasteiger partial charge on any atom is -0.481 e. The number of nitrogens with zero attached hydrogens (tertiary/aromatic N) is 1. The van der Waals surface area contributed by atoms with Crippen molar-refractivity contribution in [1.82, 2.24) is 42.1 Å². The quantitative estimate of drug-likeness (QED) is 0.0300. The fraction of sp³-hybridized carbons (Fsp3) is 0.574. The number of hydrogen-bond donors (Lipinski definition) is 8. The molecule has 0 spiro atoms. The van der Waals surface area contributed by atoms with Crippen LogP contribution in [0.2, 0.25) is 0 Å². The SMILES string of the molecule is C=CCOC(=O)CNC(=O)C(=O)C(CCC)NC(=O)[C@@H]1C[C@@H](NC(=O)OCc2ccccc2)CN1C(=O)C(NC(=O)C(NC(=O)C(CCC(C)=O)NC(=O)C(CCC(=O)O)NC(C)=O)C(C)C)C(C)C. The molecule has 8 amide bonds. The molecule has 2 rings (SSSR count). The van der Waals surface area contributed by atoms with Crippen LogP contribution in [0.5, 0.6) is 0 Å². The number of ketones is 2. The number of carbonyl (C=O) groups is 12. The highest BCUT2D eigenvalue weighted by Gasteiger charge is 2.45. The van der Waals surface area contributed by atoms with Crippen molar-refractivity contribution in [3.05, 3.63) is 48.6 Å². The van der Waals surface area contributed by atoms with Crippen molar-refractivity contribution in [2.45, 2.75) is 142 Å². The van der Waals surface area contributed by atoms with Crippen LogP contribution in [-0.4, -0.2) is 143 Å². The Kier molecular flexibility index (Phi) is 24.9. The summed E-state index contributed by atoms with van der Waals surface area (Å²) in [4.78, 5) is 157. The summed E-state index contributed by atoms with van der Waals surface area (Å²) >= 11 is 0. The van der Waals surface area contributed by atoms with Crippen LogP contribution in [0, 0.1) is 11.8 Å². The van der Waals surface area contributed by atoms with E-state index in [1.807, 2.05) is 0 Å². The van der Waals surface area contributed by atoms with E-state index in [2.05, 4.69) is 43.8 Å². The van der Waals surface area contributed by atoms with Gasteiger partial charge >= 0.3 is 18.0 Å². The van der Waals surface area contributed by atoms with Crippen LogP contribution in [-0.2, 0) is 68.8 Å². The van der Waals surface area contributed by atoms with Gasteiger partial charge in [0.25, 0.3) is 5.91 Å². The second-order valence-corrected chi connectivity index (χ2v) is 17.5. The number of nitrogens with one attached hydrogen (secondary N) is 7. The number of Topliss-reactive ketones (excluding diaryl/α,β-unsaturated/α-hetero) is 2. The van der Waals surface area contributed by atoms with E-state index >= 15 is 0 Å². The number of carboxylic acids is 1. The summed E-state index contributed by atoms with van der Waals surface area (Å²) in [6, 6.07) is -0.404. The fourth-order valence-electron chi connectivity index (χ4n) is 7.18. The Morgan fingerprint density at radius 3 is 1.93 bits per heavy atom. The van der Waals surface area contributed by atoms with Gasteiger partial charge in [0.2, 0.25) is 41.2 Å².